The quantitative estimate of drug-likeness (QED) is 0.774. The van der Waals surface area contributed by atoms with Crippen LogP contribution in [0.25, 0.3) is 11.4 Å². The van der Waals surface area contributed by atoms with Gasteiger partial charge in [-0.2, -0.15) is 0 Å². The SMILES string of the molecule is Cn1nnnc1-c1cccc(C(=O)NCCc2ccc(Cl)cc2)c1. The van der Waals surface area contributed by atoms with Gasteiger partial charge in [0.2, 0.25) is 0 Å². The third-order valence-electron chi connectivity index (χ3n) is 3.62. The molecule has 0 spiro atoms. The van der Waals surface area contributed by atoms with Crippen molar-refractivity contribution in [1.82, 2.24) is 25.5 Å². The molecule has 2 aromatic carbocycles. The van der Waals surface area contributed by atoms with Gasteiger partial charge in [-0.25, -0.2) is 4.68 Å². The van der Waals surface area contributed by atoms with Gasteiger partial charge < -0.3 is 5.32 Å². The van der Waals surface area contributed by atoms with Crippen LogP contribution in [0.2, 0.25) is 5.02 Å². The first kappa shape index (κ1) is 16.1. The van der Waals surface area contributed by atoms with Gasteiger partial charge in [0.1, 0.15) is 0 Å². The van der Waals surface area contributed by atoms with E-state index in [0.717, 1.165) is 17.5 Å². The van der Waals surface area contributed by atoms with Crippen molar-refractivity contribution >= 4 is 17.5 Å². The van der Waals surface area contributed by atoms with Gasteiger partial charge in [0.15, 0.2) is 5.82 Å². The molecule has 0 atom stereocenters. The molecule has 3 aromatic rings. The van der Waals surface area contributed by atoms with E-state index in [1.807, 2.05) is 36.4 Å². The van der Waals surface area contributed by atoms with E-state index in [2.05, 4.69) is 20.8 Å². The van der Waals surface area contributed by atoms with Crippen LogP contribution in [-0.2, 0) is 13.5 Å². The van der Waals surface area contributed by atoms with Crippen molar-refractivity contribution in [2.75, 3.05) is 6.54 Å². The number of rotatable bonds is 5. The average molecular weight is 342 g/mol. The minimum absolute atomic E-state index is 0.124. The number of hydrogen-bond donors (Lipinski definition) is 1. The Labute approximate surface area is 144 Å². The van der Waals surface area contributed by atoms with Crippen LogP contribution in [0.3, 0.4) is 0 Å². The molecule has 0 radical (unpaired) electrons. The summed E-state index contributed by atoms with van der Waals surface area (Å²) in [5.74, 6) is 0.492. The van der Waals surface area contributed by atoms with Crippen molar-refractivity contribution in [3.8, 4) is 11.4 Å². The summed E-state index contributed by atoms with van der Waals surface area (Å²) in [6.07, 6.45) is 0.746. The van der Waals surface area contributed by atoms with Gasteiger partial charge in [-0.15, -0.1) is 5.10 Å². The number of nitrogens with zero attached hydrogens (tertiary/aromatic N) is 4. The second-order valence-electron chi connectivity index (χ2n) is 5.34. The van der Waals surface area contributed by atoms with Gasteiger partial charge in [-0.05, 0) is 46.7 Å². The molecule has 0 bridgehead atoms. The highest BCUT2D eigenvalue weighted by molar-refractivity contribution is 6.30. The lowest BCUT2D eigenvalue weighted by Crippen LogP contribution is -2.25. The number of nitrogens with one attached hydrogen (secondary N) is 1. The van der Waals surface area contributed by atoms with Crippen molar-refractivity contribution in [2.24, 2.45) is 7.05 Å². The highest BCUT2D eigenvalue weighted by Gasteiger charge is 2.10. The van der Waals surface area contributed by atoms with Crippen molar-refractivity contribution in [1.29, 1.82) is 0 Å². The molecular weight excluding hydrogens is 326 g/mol. The molecule has 1 heterocycles. The summed E-state index contributed by atoms with van der Waals surface area (Å²) in [5.41, 5.74) is 2.50. The summed E-state index contributed by atoms with van der Waals surface area (Å²) in [7, 11) is 1.76. The first-order chi connectivity index (χ1) is 11.6. The molecule has 7 heteroatoms. The smallest absolute Gasteiger partial charge is 0.251 e. The van der Waals surface area contributed by atoms with E-state index < -0.39 is 0 Å². The summed E-state index contributed by atoms with van der Waals surface area (Å²) in [5, 5.41) is 15.0. The zero-order valence-electron chi connectivity index (χ0n) is 13.1. The molecular formula is C17H16ClN5O. The molecule has 0 aliphatic rings. The fourth-order valence-corrected chi connectivity index (χ4v) is 2.47. The molecule has 0 saturated carbocycles. The lowest BCUT2D eigenvalue weighted by molar-refractivity contribution is 0.0954. The number of aryl methyl sites for hydroxylation is 1. The monoisotopic (exact) mass is 341 g/mol. The molecule has 0 saturated heterocycles. The zero-order valence-corrected chi connectivity index (χ0v) is 13.9. The van der Waals surface area contributed by atoms with Gasteiger partial charge in [0.25, 0.3) is 5.91 Å². The van der Waals surface area contributed by atoms with E-state index in [1.54, 1.807) is 23.9 Å². The van der Waals surface area contributed by atoms with E-state index in [4.69, 9.17) is 11.6 Å². The second-order valence-corrected chi connectivity index (χ2v) is 5.78. The van der Waals surface area contributed by atoms with Crippen molar-refractivity contribution in [3.63, 3.8) is 0 Å². The largest absolute Gasteiger partial charge is 0.352 e. The van der Waals surface area contributed by atoms with Gasteiger partial charge in [0.05, 0.1) is 0 Å². The predicted octanol–water partition coefficient (Wildman–Crippen LogP) is 2.50. The van der Waals surface area contributed by atoms with Crippen LogP contribution < -0.4 is 5.32 Å². The summed E-state index contributed by atoms with van der Waals surface area (Å²) < 4.78 is 1.57. The summed E-state index contributed by atoms with van der Waals surface area (Å²) in [6.45, 7) is 0.552. The topological polar surface area (TPSA) is 72.7 Å². The van der Waals surface area contributed by atoms with Gasteiger partial charge in [-0.3, -0.25) is 4.79 Å². The zero-order chi connectivity index (χ0) is 16.9. The fraction of sp³-hybridized carbons (Fsp3) is 0.176. The summed E-state index contributed by atoms with van der Waals surface area (Å²) in [4.78, 5) is 12.3. The predicted molar refractivity (Wildman–Crippen MR) is 91.7 cm³/mol. The van der Waals surface area contributed by atoms with Crippen molar-refractivity contribution in [3.05, 3.63) is 64.7 Å². The van der Waals surface area contributed by atoms with Crippen LogP contribution in [0, 0.1) is 0 Å². The molecule has 1 aromatic heterocycles. The number of amides is 1. The molecule has 1 amide bonds. The molecule has 6 nitrogen and oxygen atoms in total. The minimum atomic E-state index is -0.124. The molecule has 0 fully saturated rings. The van der Waals surface area contributed by atoms with Gasteiger partial charge >= 0.3 is 0 Å². The van der Waals surface area contributed by atoms with Crippen molar-refractivity contribution in [2.45, 2.75) is 6.42 Å². The van der Waals surface area contributed by atoms with Crippen molar-refractivity contribution < 1.29 is 4.79 Å². The van der Waals surface area contributed by atoms with Crippen LogP contribution in [0.4, 0.5) is 0 Å². The maximum absolute atomic E-state index is 12.3. The van der Waals surface area contributed by atoms with Crippen LogP contribution in [-0.4, -0.2) is 32.7 Å². The standard InChI is InChI=1S/C17H16ClN5O/c1-23-16(20-21-22-23)13-3-2-4-14(11-13)17(24)19-10-9-12-5-7-15(18)8-6-12/h2-8,11H,9-10H2,1H3,(H,19,24). The Hall–Kier alpha value is -2.73. The second kappa shape index (κ2) is 7.23. The number of aromatic nitrogens is 4. The molecule has 0 unspecified atom stereocenters. The third-order valence-corrected chi connectivity index (χ3v) is 3.87. The van der Waals surface area contributed by atoms with E-state index in [9.17, 15) is 4.79 Å². The van der Waals surface area contributed by atoms with E-state index in [1.165, 1.54) is 0 Å². The summed E-state index contributed by atoms with van der Waals surface area (Å²) >= 11 is 5.86. The Morgan fingerprint density at radius 1 is 1.21 bits per heavy atom. The Bertz CT molecular complexity index is 844. The van der Waals surface area contributed by atoms with Gasteiger partial charge in [0, 0.05) is 29.7 Å². The number of carbonyl (C=O) groups excluding carboxylic acids is 1. The normalized spacial score (nSPS) is 10.6. The molecule has 0 aliphatic carbocycles. The Morgan fingerprint density at radius 3 is 2.71 bits per heavy atom. The molecule has 1 N–H and O–H groups in total. The van der Waals surface area contributed by atoms with Crippen LogP contribution >= 0.6 is 11.6 Å². The Balaban J connectivity index is 1.63. The lowest BCUT2D eigenvalue weighted by atomic mass is 10.1. The number of carbonyl (C=O) groups is 1. The fourth-order valence-electron chi connectivity index (χ4n) is 2.35. The molecule has 0 aliphatic heterocycles. The van der Waals surface area contributed by atoms with Crippen LogP contribution in [0.15, 0.2) is 48.5 Å². The number of hydrogen-bond acceptors (Lipinski definition) is 4. The third kappa shape index (κ3) is 3.78. The van der Waals surface area contributed by atoms with E-state index >= 15 is 0 Å². The highest BCUT2D eigenvalue weighted by Crippen LogP contribution is 2.16. The van der Waals surface area contributed by atoms with Gasteiger partial charge in [-0.1, -0.05) is 35.9 Å². The van der Waals surface area contributed by atoms with E-state index in [0.29, 0.717) is 23.0 Å². The lowest BCUT2D eigenvalue weighted by Gasteiger charge is -2.07. The maximum Gasteiger partial charge on any atom is 0.251 e. The molecule has 24 heavy (non-hydrogen) atoms. The number of halogens is 1. The summed E-state index contributed by atoms with van der Waals surface area (Å²) in [6, 6.07) is 14.8. The Morgan fingerprint density at radius 2 is 2.00 bits per heavy atom. The van der Waals surface area contributed by atoms with E-state index in [-0.39, 0.29) is 5.91 Å². The molecule has 3 rings (SSSR count). The number of tetrazole rings is 1. The average Bonchev–Trinajstić information content (AvgIpc) is 3.03. The maximum atomic E-state index is 12.3. The van der Waals surface area contributed by atoms with Crippen LogP contribution in [0.5, 0.6) is 0 Å². The molecule has 122 valence electrons. The number of benzene rings is 2. The Kier molecular flexibility index (Phi) is 4.86. The first-order valence-electron chi connectivity index (χ1n) is 7.49. The minimum Gasteiger partial charge on any atom is -0.352 e. The van der Waals surface area contributed by atoms with Crippen LogP contribution in [0.1, 0.15) is 15.9 Å². The highest BCUT2D eigenvalue weighted by atomic mass is 35.5. The first-order valence-corrected chi connectivity index (χ1v) is 7.87.